The summed E-state index contributed by atoms with van der Waals surface area (Å²) in [6, 6.07) is 0.737. The average Bonchev–Trinajstić information content (AvgIpc) is 2.91. The van der Waals surface area contributed by atoms with Gasteiger partial charge in [0.05, 0.1) is 5.69 Å². The van der Waals surface area contributed by atoms with Crippen LogP contribution in [0.5, 0.6) is 0 Å². The van der Waals surface area contributed by atoms with Gasteiger partial charge in [-0.1, -0.05) is 5.21 Å². The maximum absolute atomic E-state index is 5.57. The minimum absolute atomic E-state index is 0.719. The average molecular weight is 195 g/mol. The van der Waals surface area contributed by atoms with Gasteiger partial charge in [0.1, 0.15) is 0 Å². The molecule has 1 fully saturated rings. The summed E-state index contributed by atoms with van der Waals surface area (Å²) in [5.41, 5.74) is 6.61. The SMILES string of the molecule is Cn1cc(CN(CCN)C2CC2)nn1. The van der Waals surface area contributed by atoms with E-state index in [1.54, 1.807) is 4.68 Å². The lowest BCUT2D eigenvalue weighted by Gasteiger charge is -2.19. The van der Waals surface area contributed by atoms with Crippen LogP contribution in [0.15, 0.2) is 6.20 Å². The van der Waals surface area contributed by atoms with E-state index < -0.39 is 0 Å². The highest BCUT2D eigenvalue weighted by Crippen LogP contribution is 2.27. The van der Waals surface area contributed by atoms with Crippen molar-refractivity contribution in [3.63, 3.8) is 0 Å². The second-order valence-electron chi connectivity index (χ2n) is 3.87. The second-order valence-corrected chi connectivity index (χ2v) is 3.87. The van der Waals surface area contributed by atoms with Crippen molar-refractivity contribution in [2.75, 3.05) is 13.1 Å². The molecule has 0 bridgehead atoms. The molecule has 1 saturated carbocycles. The van der Waals surface area contributed by atoms with E-state index in [0.717, 1.165) is 31.4 Å². The summed E-state index contributed by atoms with van der Waals surface area (Å²) in [6.45, 7) is 2.56. The Bertz CT molecular complexity index is 291. The largest absolute Gasteiger partial charge is 0.329 e. The predicted octanol–water partition coefficient (Wildman–Crippen LogP) is -0.262. The summed E-state index contributed by atoms with van der Waals surface area (Å²) >= 11 is 0. The molecule has 0 aliphatic heterocycles. The Morgan fingerprint density at radius 2 is 2.43 bits per heavy atom. The van der Waals surface area contributed by atoms with Gasteiger partial charge < -0.3 is 5.73 Å². The lowest BCUT2D eigenvalue weighted by Crippen LogP contribution is -2.31. The van der Waals surface area contributed by atoms with Gasteiger partial charge in [0, 0.05) is 38.9 Å². The predicted molar refractivity (Wildman–Crippen MR) is 53.5 cm³/mol. The summed E-state index contributed by atoms with van der Waals surface area (Å²) in [7, 11) is 1.89. The zero-order valence-electron chi connectivity index (χ0n) is 8.56. The van der Waals surface area contributed by atoms with Crippen LogP contribution >= 0.6 is 0 Å². The normalized spacial score (nSPS) is 16.5. The molecule has 0 radical (unpaired) electrons. The monoisotopic (exact) mass is 195 g/mol. The van der Waals surface area contributed by atoms with Gasteiger partial charge in [0.2, 0.25) is 0 Å². The molecule has 5 heteroatoms. The molecule has 0 spiro atoms. The molecule has 1 aliphatic carbocycles. The van der Waals surface area contributed by atoms with Crippen LogP contribution in [-0.4, -0.2) is 39.0 Å². The second kappa shape index (κ2) is 4.06. The number of hydrogen-bond donors (Lipinski definition) is 1. The van der Waals surface area contributed by atoms with Crippen molar-refractivity contribution in [1.29, 1.82) is 0 Å². The quantitative estimate of drug-likeness (QED) is 0.703. The van der Waals surface area contributed by atoms with Crippen LogP contribution in [0.4, 0.5) is 0 Å². The Kier molecular flexibility index (Phi) is 2.79. The first kappa shape index (κ1) is 9.61. The Morgan fingerprint density at radius 3 is 2.93 bits per heavy atom. The van der Waals surface area contributed by atoms with Crippen molar-refractivity contribution in [3.05, 3.63) is 11.9 Å². The molecule has 0 aromatic carbocycles. The molecule has 78 valence electrons. The highest BCUT2D eigenvalue weighted by Gasteiger charge is 2.28. The number of hydrogen-bond acceptors (Lipinski definition) is 4. The molecular weight excluding hydrogens is 178 g/mol. The number of aromatic nitrogens is 3. The first-order valence-corrected chi connectivity index (χ1v) is 5.09. The number of rotatable bonds is 5. The Morgan fingerprint density at radius 1 is 1.64 bits per heavy atom. The van der Waals surface area contributed by atoms with Gasteiger partial charge in [-0.05, 0) is 12.8 Å². The minimum atomic E-state index is 0.719. The smallest absolute Gasteiger partial charge is 0.0967 e. The standard InChI is InChI=1S/C9H17N5/c1-13-6-8(11-12-13)7-14(5-4-10)9-2-3-9/h6,9H,2-5,7,10H2,1H3. The van der Waals surface area contributed by atoms with E-state index in [1.165, 1.54) is 12.8 Å². The highest BCUT2D eigenvalue weighted by molar-refractivity contribution is 4.95. The van der Waals surface area contributed by atoms with Crippen molar-refractivity contribution < 1.29 is 0 Å². The molecule has 2 N–H and O–H groups in total. The number of aryl methyl sites for hydroxylation is 1. The topological polar surface area (TPSA) is 60.0 Å². The van der Waals surface area contributed by atoms with E-state index in [9.17, 15) is 0 Å². The Labute approximate surface area is 83.9 Å². The van der Waals surface area contributed by atoms with Crippen molar-refractivity contribution in [2.24, 2.45) is 12.8 Å². The van der Waals surface area contributed by atoms with Gasteiger partial charge in [-0.15, -0.1) is 5.10 Å². The maximum atomic E-state index is 5.57. The summed E-state index contributed by atoms with van der Waals surface area (Å²) in [4.78, 5) is 2.39. The van der Waals surface area contributed by atoms with E-state index in [2.05, 4.69) is 15.2 Å². The molecule has 1 aromatic rings. The van der Waals surface area contributed by atoms with Crippen LogP contribution in [0.3, 0.4) is 0 Å². The minimum Gasteiger partial charge on any atom is -0.329 e. The van der Waals surface area contributed by atoms with Gasteiger partial charge in [-0.3, -0.25) is 9.58 Å². The van der Waals surface area contributed by atoms with Gasteiger partial charge in [0.15, 0.2) is 0 Å². The molecule has 0 atom stereocenters. The Hall–Kier alpha value is -0.940. The van der Waals surface area contributed by atoms with Crippen LogP contribution in [0.1, 0.15) is 18.5 Å². The summed E-state index contributed by atoms with van der Waals surface area (Å²) in [6.07, 6.45) is 4.58. The maximum Gasteiger partial charge on any atom is 0.0967 e. The molecule has 0 amide bonds. The van der Waals surface area contributed by atoms with E-state index >= 15 is 0 Å². The summed E-state index contributed by atoms with van der Waals surface area (Å²) < 4.78 is 1.74. The fourth-order valence-corrected chi connectivity index (χ4v) is 1.67. The molecule has 2 rings (SSSR count). The third-order valence-electron chi connectivity index (χ3n) is 2.49. The van der Waals surface area contributed by atoms with Crippen molar-refractivity contribution in [1.82, 2.24) is 19.9 Å². The van der Waals surface area contributed by atoms with Crippen LogP contribution < -0.4 is 5.73 Å². The molecular formula is C9H17N5. The van der Waals surface area contributed by atoms with Gasteiger partial charge in [-0.2, -0.15) is 0 Å². The molecule has 1 aliphatic rings. The fraction of sp³-hybridized carbons (Fsp3) is 0.778. The molecule has 0 saturated heterocycles. The van der Waals surface area contributed by atoms with Crippen LogP contribution in [0, 0.1) is 0 Å². The first-order chi connectivity index (χ1) is 6.79. The molecule has 14 heavy (non-hydrogen) atoms. The van der Waals surface area contributed by atoms with Gasteiger partial charge in [0.25, 0.3) is 0 Å². The third-order valence-corrected chi connectivity index (χ3v) is 2.49. The molecule has 1 aromatic heterocycles. The van der Waals surface area contributed by atoms with E-state index in [-0.39, 0.29) is 0 Å². The van der Waals surface area contributed by atoms with Crippen molar-refractivity contribution in [3.8, 4) is 0 Å². The molecule has 0 unspecified atom stereocenters. The van der Waals surface area contributed by atoms with Crippen molar-refractivity contribution >= 4 is 0 Å². The zero-order valence-corrected chi connectivity index (χ0v) is 8.56. The Balaban J connectivity index is 1.92. The molecule has 1 heterocycles. The van der Waals surface area contributed by atoms with Gasteiger partial charge >= 0.3 is 0 Å². The third kappa shape index (κ3) is 2.30. The number of nitrogens with two attached hydrogens (primary N) is 1. The van der Waals surface area contributed by atoms with Gasteiger partial charge in [-0.25, -0.2) is 0 Å². The fourth-order valence-electron chi connectivity index (χ4n) is 1.67. The van der Waals surface area contributed by atoms with Crippen LogP contribution in [0.25, 0.3) is 0 Å². The van der Waals surface area contributed by atoms with Crippen LogP contribution in [-0.2, 0) is 13.6 Å². The van der Waals surface area contributed by atoms with E-state index in [4.69, 9.17) is 5.73 Å². The lowest BCUT2D eigenvalue weighted by atomic mass is 10.4. The summed E-state index contributed by atoms with van der Waals surface area (Å²) in [5, 5.41) is 8.00. The lowest BCUT2D eigenvalue weighted by molar-refractivity contribution is 0.259. The number of nitrogens with zero attached hydrogens (tertiary/aromatic N) is 4. The summed E-state index contributed by atoms with van der Waals surface area (Å²) in [5.74, 6) is 0. The highest BCUT2D eigenvalue weighted by atomic mass is 15.4. The van der Waals surface area contributed by atoms with E-state index in [1.807, 2.05) is 13.2 Å². The van der Waals surface area contributed by atoms with Crippen LogP contribution in [0.2, 0.25) is 0 Å². The first-order valence-electron chi connectivity index (χ1n) is 5.09. The van der Waals surface area contributed by atoms with E-state index in [0.29, 0.717) is 0 Å². The van der Waals surface area contributed by atoms with Crippen molar-refractivity contribution in [2.45, 2.75) is 25.4 Å². The zero-order chi connectivity index (χ0) is 9.97. The molecule has 5 nitrogen and oxygen atoms in total.